The monoisotopic (exact) mass is 719 g/mol. The van der Waals surface area contributed by atoms with Crippen LogP contribution in [0.25, 0.3) is 0 Å². The molecule has 5 atom stereocenters. The number of nitrogens with zero attached hydrogens (tertiary/aromatic N) is 5. The Kier molecular flexibility index (Phi) is 11.0. The van der Waals surface area contributed by atoms with Crippen LogP contribution >= 0.6 is 11.6 Å². The largest absolute Gasteiger partial charge is 0.381 e. The minimum Gasteiger partial charge on any atom is -0.381 e. The van der Waals surface area contributed by atoms with Gasteiger partial charge in [0, 0.05) is 101 Å². The smallest absolute Gasteiger partial charge is 0.252 e. The predicted octanol–water partition coefficient (Wildman–Crippen LogP) is 3.86. The molecular formula is C37H52ClF2N5O5. The summed E-state index contributed by atoms with van der Waals surface area (Å²) in [5.74, 6) is -3.58. The van der Waals surface area contributed by atoms with Gasteiger partial charge in [-0.2, -0.15) is 0 Å². The van der Waals surface area contributed by atoms with Gasteiger partial charge in [0.2, 0.25) is 17.7 Å². The average molecular weight is 720 g/mol. The van der Waals surface area contributed by atoms with E-state index in [1.54, 1.807) is 9.80 Å². The van der Waals surface area contributed by atoms with Crippen LogP contribution in [0.1, 0.15) is 69.3 Å². The molecule has 7 rings (SSSR count). The van der Waals surface area contributed by atoms with Crippen LogP contribution < -0.4 is 0 Å². The van der Waals surface area contributed by atoms with E-state index in [4.69, 9.17) is 21.1 Å². The van der Waals surface area contributed by atoms with Crippen LogP contribution in [-0.4, -0.2) is 151 Å². The van der Waals surface area contributed by atoms with E-state index in [9.17, 15) is 18.4 Å². The van der Waals surface area contributed by atoms with E-state index in [2.05, 4.69) is 9.80 Å². The summed E-state index contributed by atoms with van der Waals surface area (Å²) in [5.41, 5.74) is 1.04. The molecule has 50 heavy (non-hydrogen) atoms. The Bertz CT molecular complexity index is 1360. The van der Waals surface area contributed by atoms with Crippen molar-refractivity contribution in [2.75, 3.05) is 72.7 Å². The molecule has 1 unspecified atom stereocenters. The SMILES string of the molecule is CN1CCN(C(=O)[C@@H]2CC(N(C(=O)[C@@H]3CCCO3)C3CCC(F)(F)CC3)CN2C(=O)[C@@H]2CN(C3CCOCC3)C[C@H]2c2ccc(Cl)cc2)CC1. The van der Waals surface area contributed by atoms with Gasteiger partial charge in [-0.3, -0.25) is 19.3 Å². The number of rotatable bonds is 7. The highest BCUT2D eigenvalue weighted by atomic mass is 35.5. The number of piperazine rings is 1. The molecule has 276 valence electrons. The van der Waals surface area contributed by atoms with E-state index in [0.29, 0.717) is 63.4 Å². The normalized spacial score (nSPS) is 31.7. The van der Waals surface area contributed by atoms with Gasteiger partial charge in [-0.05, 0) is 69.7 Å². The van der Waals surface area contributed by atoms with E-state index in [1.807, 2.05) is 36.2 Å². The summed E-state index contributed by atoms with van der Waals surface area (Å²) in [4.78, 5) is 53.7. The molecular weight excluding hydrogens is 668 g/mol. The molecule has 10 nitrogen and oxygen atoms in total. The average Bonchev–Trinajstić information content (AvgIpc) is 3.91. The number of ether oxygens (including phenoxy) is 2. The summed E-state index contributed by atoms with van der Waals surface area (Å²) in [6.07, 6.45) is 2.67. The molecule has 0 spiro atoms. The maximum Gasteiger partial charge on any atom is 0.252 e. The fourth-order valence-corrected chi connectivity index (χ4v) is 9.45. The lowest BCUT2D eigenvalue weighted by atomic mass is 9.88. The van der Waals surface area contributed by atoms with Crippen LogP contribution in [0.4, 0.5) is 8.78 Å². The first-order chi connectivity index (χ1) is 24.1. The lowest BCUT2D eigenvalue weighted by molar-refractivity contribution is -0.150. The third-order valence-corrected chi connectivity index (χ3v) is 12.5. The molecule has 0 radical (unpaired) electrons. The molecule has 1 aromatic rings. The van der Waals surface area contributed by atoms with Crippen molar-refractivity contribution in [3.05, 3.63) is 34.9 Å². The highest BCUT2D eigenvalue weighted by Gasteiger charge is 2.52. The zero-order chi connectivity index (χ0) is 35.0. The number of likely N-dealkylation sites (tertiary alicyclic amines) is 2. The van der Waals surface area contributed by atoms with Crippen molar-refractivity contribution in [2.45, 2.75) is 99.9 Å². The minimum atomic E-state index is -2.75. The molecule has 3 amide bonds. The van der Waals surface area contributed by atoms with Crippen molar-refractivity contribution in [1.29, 1.82) is 0 Å². The lowest BCUT2D eigenvalue weighted by Gasteiger charge is -2.41. The Hall–Kier alpha value is -2.38. The number of carbonyl (C=O) groups is 3. The number of benzene rings is 1. The van der Waals surface area contributed by atoms with Gasteiger partial charge in [-0.1, -0.05) is 23.7 Å². The second-order valence-corrected chi connectivity index (χ2v) is 15.9. The number of hydrogen-bond acceptors (Lipinski definition) is 7. The first-order valence-corrected chi connectivity index (χ1v) is 19.1. The zero-order valence-electron chi connectivity index (χ0n) is 29.2. The molecule has 6 fully saturated rings. The standard InChI is InChI=1S/C37H52ClF2N5O5/c1-41-14-16-42(17-15-41)35(47)32-21-29(45(36(48)33-3-2-18-50-33)28-8-12-37(39,40)13-9-28)22-44(32)34(46)31-24-43(27-10-19-49-20-11-27)23-30(31)25-4-6-26(38)7-5-25/h4-7,27-33H,2-3,8-24H2,1H3/t29?,30-,31+,32-,33-/m0/s1. The Labute approximate surface area is 299 Å². The molecule has 1 saturated carbocycles. The number of alkyl halides is 2. The van der Waals surface area contributed by atoms with E-state index in [-0.39, 0.29) is 61.9 Å². The second-order valence-electron chi connectivity index (χ2n) is 15.4. The van der Waals surface area contributed by atoms with E-state index < -0.39 is 30.0 Å². The molecule has 0 bridgehead atoms. The first kappa shape index (κ1) is 36.0. The molecule has 5 heterocycles. The Morgan fingerprint density at radius 3 is 2.22 bits per heavy atom. The van der Waals surface area contributed by atoms with Crippen molar-refractivity contribution in [1.82, 2.24) is 24.5 Å². The molecule has 6 aliphatic rings. The van der Waals surface area contributed by atoms with Gasteiger partial charge in [0.25, 0.3) is 5.91 Å². The summed E-state index contributed by atoms with van der Waals surface area (Å²) in [6, 6.07) is 6.46. The number of likely N-dealkylation sites (N-methyl/N-ethyl adjacent to an activating group) is 1. The number of hydrogen-bond donors (Lipinski definition) is 0. The summed E-state index contributed by atoms with van der Waals surface area (Å²) in [7, 11) is 2.03. The van der Waals surface area contributed by atoms with Crippen LogP contribution in [0.2, 0.25) is 5.02 Å². The molecule has 5 aliphatic heterocycles. The second kappa shape index (κ2) is 15.3. The van der Waals surface area contributed by atoms with Gasteiger partial charge in [0.05, 0.1) is 12.0 Å². The van der Waals surface area contributed by atoms with E-state index in [0.717, 1.165) is 44.5 Å². The molecule has 1 aliphatic carbocycles. The number of carbonyl (C=O) groups excluding carboxylic acids is 3. The third kappa shape index (κ3) is 7.70. The van der Waals surface area contributed by atoms with Gasteiger partial charge >= 0.3 is 0 Å². The van der Waals surface area contributed by atoms with Crippen LogP contribution in [0.3, 0.4) is 0 Å². The van der Waals surface area contributed by atoms with Gasteiger partial charge in [0.15, 0.2) is 0 Å². The first-order valence-electron chi connectivity index (χ1n) is 18.7. The molecule has 0 N–H and O–H groups in total. The minimum absolute atomic E-state index is 0.0748. The van der Waals surface area contributed by atoms with Crippen molar-refractivity contribution < 1.29 is 32.6 Å². The Morgan fingerprint density at radius 1 is 0.860 bits per heavy atom. The maximum absolute atomic E-state index is 15.1. The van der Waals surface area contributed by atoms with Gasteiger partial charge in [0.1, 0.15) is 12.1 Å². The topological polar surface area (TPSA) is 85.9 Å². The predicted molar refractivity (Wildman–Crippen MR) is 184 cm³/mol. The lowest BCUT2D eigenvalue weighted by Crippen LogP contribution is -2.54. The van der Waals surface area contributed by atoms with E-state index in [1.165, 1.54) is 0 Å². The van der Waals surface area contributed by atoms with Crippen LogP contribution in [0.15, 0.2) is 24.3 Å². The maximum atomic E-state index is 15.1. The van der Waals surface area contributed by atoms with Crippen molar-refractivity contribution >= 4 is 29.3 Å². The Balaban J connectivity index is 1.20. The van der Waals surface area contributed by atoms with Gasteiger partial charge < -0.3 is 29.1 Å². The quantitative estimate of drug-likeness (QED) is 0.424. The zero-order valence-corrected chi connectivity index (χ0v) is 30.0. The molecule has 5 saturated heterocycles. The summed E-state index contributed by atoms with van der Waals surface area (Å²) >= 11 is 6.28. The van der Waals surface area contributed by atoms with Gasteiger partial charge in [-0.15, -0.1) is 0 Å². The highest BCUT2D eigenvalue weighted by Crippen LogP contribution is 2.41. The summed E-state index contributed by atoms with van der Waals surface area (Å²) in [6.45, 7) is 6.02. The Morgan fingerprint density at radius 2 is 1.56 bits per heavy atom. The number of halogens is 3. The highest BCUT2D eigenvalue weighted by molar-refractivity contribution is 6.30. The fraction of sp³-hybridized carbons (Fsp3) is 0.757. The summed E-state index contributed by atoms with van der Waals surface area (Å²) in [5, 5.41) is 0.632. The molecule has 1 aromatic carbocycles. The van der Waals surface area contributed by atoms with Crippen molar-refractivity contribution in [3.63, 3.8) is 0 Å². The third-order valence-electron chi connectivity index (χ3n) is 12.3. The van der Waals surface area contributed by atoms with Crippen LogP contribution in [0.5, 0.6) is 0 Å². The fourth-order valence-electron chi connectivity index (χ4n) is 9.32. The molecule has 13 heteroatoms. The van der Waals surface area contributed by atoms with E-state index >= 15 is 4.79 Å². The van der Waals surface area contributed by atoms with Crippen molar-refractivity contribution in [3.8, 4) is 0 Å². The van der Waals surface area contributed by atoms with Crippen LogP contribution in [-0.2, 0) is 23.9 Å². The van der Waals surface area contributed by atoms with Crippen molar-refractivity contribution in [2.24, 2.45) is 5.92 Å². The molecule has 0 aromatic heterocycles. The summed E-state index contributed by atoms with van der Waals surface area (Å²) < 4.78 is 40.2. The van der Waals surface area contributed by atoms with Crippen LogP contribution in [0, 0.1) is 5.92 Å². The van der Waals surface area contributed by atoms with Gasteiger partial charge in [-0.25, -0.2) is 8.78 Å². The number of amides is 3.